The van der Waals surface area contributed by atoms with Crippen molar-refractivity contribution in [1.29, 1.82) is 0 Å². The molecule has 0 aliphatic carbocycles. The van der Waals surface area contributed by atoms with Crippen LogP contribution in [0.4, 0.5) is 0 Å². The number of benzene rings is 1. The molecule has 0 heterocycles. The van der Waals surface area contributed by atoms with E-state index in [-0.39, 0.29) is 17.0 Å². The van der Waals surface area contributed by atoms with Gasteiger partial charge in [0.2, 0.25) is 10.0 Å². The number of rotatable bonds is 7. The summed E-state index contributed by atoms with van der Waals surface area (Å²) in [5, 5.41) is 5.03. The summed E-state index contributed by atoms with van der Waals surface area (Å²) in [4.78, 5) is 23.2. The van der Waals surface area contributed by atoms with E-state index in [0.717, 1.165) is 5.56 Å². The van der Waals surface area contributed by atoms with Crippen molar-refractivity contribution in [2.75, 3.05) is 6.54 Å². The molecule has 1 rings (SSSR count). The lowest BCUT2D eigenvalue weighted by molar-refractivity contribution is -0.139. The molecule has 0 aliphatic rings. The van der Waals surface area contributed by atoms with E-state index in [9.17, 15) is 18.0 Å². The van der Waals surface area contributed by atoms with E-state index in [0.29, 0.717) is 13.0 Å². The summed E-state index contributed by atoms with van der Waals surface area (Å²) in [7, 11) is -3.51. The van der Waals surface area contributed by atoms with E-state index in [1.54, 1.807) is 39.8 Å². The summed E-state index contributed by atoms with van der Waals surface area (Å²) in [6.45, 7) is 7.35. The lowest BCUT2D eigenvalue weighted by Gasteiger charge is -2.10. The first-order valence-electron chi connectivity index (χ1n) is 7.82. The van der Waals surface area contributed by atoms with Gasteiger partial charge in [-0.05, 0) is 51.8 Å². The lowest BCUT2D eigenvalue weighted by Crippen LogP contribution is -2.43. The second-order valence-electron chi connectivity index (χ2n) is 6.05. The van der Waals surface area contributed by atoms with Gasteiger partial charge in [0.15, 0.2) is 0 Å². The molecule has 7 nitrogen and oxygen atoms in total. The average molecular weight is 355 g/mol. The maximum Gasteiger partial charge on any atom is 0.309 e. The molecule has 1 aromatic rings. The Kier molecular flexibility index (Phi) is 7.37. The third-order valence-corrected chi connectivity index (χ3v) is 4.62. The van der Waals surface area contributed by atoms with Crippen molar-refractivity contribution in [2.45, 2.75) is 51.1 Å². The molecule has 0 aromatic heterocycles. The second kappa shape index (κ2) is 8.79. The zero-order chi connectivity index (χ0) is 18.3. The smallest absolute Gasteiger partial charge is 0.309 e. The Labute approximate surface area is 143 Å². The van der Waals surface area contributed by atoms with Gasteiger partial charge in [-0.2, -0.15) is 0 Å². The zero-order valence-corrected chi connectivity index (χ0v) is 15.2. The molecule has 0 radical (unpaired) electrons. The first-order valence-corrected chi connectivity index (χ1v) is 9.30. The standard InChI is InChI=1S/C16H25N3O4S/c1-11(2)18-16(21)15(20)17-10-9-13-5-7-14(8-6-13)24(22,23)19-12(3)4/h5-8,11-12,19H,9-10H2,1-4H3,(H,17,20)(H,18,21). The van der Waals surface area contributed by atoms with E-state index >= 15 is 0 Å². The van der Waals surface area contributed by atoms with Crippen molar-refractivity contribution in [2.24, 2.45) is 0 Å². The van der Waals surface area contributed by atoms with Gasteiger partial charge in [-0.1, -0.05) is 12.1 Å². The van der Waals surface area contributed by atoms with Crippen molar-refractivity contribution in [3.63, 3.8) is 0 Å². The van der Waals surface area contributed by atoms with Gasteiger partial charge in [-0.25, -0.2) is 13.1 Å². The number of carbonyl (C=O) groups excluding carboxylic acids is 2. The Morgan fingerprint density at radius 2 is 1.54 bits per heavy atom. The fraction of sp³-hybridized carbons (Fsp3) is 0.500. The van der Waals surface area contributed by atoms with Crippen molar-refractivity contribution in [3.05, 3.63) is 29.8 Å². The molecule has 1 aromatic carbocycles. The zero-order valence-electron chi connectivity index (χ0n) is 14.4. The van der Waals surface area contributed by atoms with Crippen LogP contribution in [0.3, 0.4) is 0 Å². The topological polar surface area (TPSA) is 104 Å². The number of carbonyl (C=O) groups is 2. The molecule has 24 heavy (non-hydrogen) atoms. The SMILES string of the molecule is CC(C)NC(=O)C(=O)NCCc1ccc(S(=O)(=O)NC(C)C)cc1. The van der Waals surface area contributed by atoms with Crippen LogP contribution in [0.15, 0.2) is 29.2 Å². The Bertz CT molecular complexity index is 667. The van der Waals surface area contributed by atoms with Gasteiger partial charge in [-0.15, -0.1) is 0 Å². The van der Waals surface area contributed by atoms with Gasteiger partial charge in [-0.3, -0.25) is 9.59 Å². The Morgan fingerprint density at radius 1 is 0.958 bits per heavy atom. The quantitative estimate of drug-likeness (QED) is 0.622. The molecule has 0 saturated heterocycles. The number of hydrogen-bond acceptors (Lipinski definition) is 4. The predicted octanol–water partition coefficient (Wildman–Crippen LogP) is 0.557. The van der Waals surface area contributed by atoms with Crippen molar-refractivity contribution in [3.8, 4) is 0 Å². The maximum atomic E-state index is 12.0. The first-order chi connectivity index (χ1) is 11.1. The van der Waals surface area contributed by atoms with Crippen LogP contribution in [0, 0.1) is 0 Å². The molecule has 0 aliphatic heterocycles. The fourth-order valence-corrected chi connectivity index (χ4v) is 3.19. The molecule has 2 amide bonds. The number of sulfonamides is 1. The van der Waals surface area contributed by atoms with E-state index < -0.39 is 21.8 Å². The number of hydrogen-bond donors (Lipinski definition) is 3. The molecular formula is C16H25N3O4S. The minimum absolute atomic E-state index is 0.0998. The highest BCUT2D eigenvalue weighted by atomic mass is 32.2. The molecule has 0 unspecified atom stereocenters. The highest BCUT2D eigenvalue weighted by Crippen LogP contribution is 2.11. The van der Waals surface area contributed by atoms with Crippen LogP contribution in [0.5, 0.6) is 0 Å². The lowest BCUT2D eigenvalue weighted by atomic mass is 10.1. The van der Waals surface area contributed by atoms with Crippen LogP contribution < -0.4 is 15.4 Å². The minimum atomic E-state index is -3.51. The molecule has 0 fully saturated rings. The van der Waals surface area contributed by atoms with Crippen LogP contribution in [-0.2, 0) is 26.0 Å². The van der Waals surface area contributed by atoms with Crippen molar-refractivity contribution in [1.82, 2.24) is 15.4 Å². The van der Waals surface area contributed by atoms with Crippen LogP contribution >= 0.6 is 0 Å². The van der Waals surface area contributed by atoms with E-state index in [1.807, 2.05) is 0 Å². The number of nitrogens with one attached hydrogen (secondary N) is 3. The van der Waals surface area contributed by atoms with Gasteiger partial charge in [0.1, 0.15) is 0 Å². The number of amides is 2. The van der Waals surface area contributed by atoms with Crippen molar-refractivity contribution >= 4 is 21.8 Å². The summed E-state index contributed by atoms with van der Waals surface area (Å²) >= 11 is 0. The Balaban J connectivity index is 2.54. The van der Waals surface area contributed by atoms with Gasteiger partial charge in [0.25, 0.3) is 0 Å². The van der Waals surface area contributed by atoms with Gasteiger partial charge < -0.3 is 10.6 Å². The summed E-state index contributed by atoms with van der Waals surface area (Å²) in [5.74, 6) is -1.34. The third-order valence-electron chi connectivity index (χ3n) is 2.95. The van der Waals surface area contributed by atoms with Crippen LogP contribution in [0.25, 0.3) is 0 Å². The minimum Gasteiger partial charge on any atom is -0.348 e. The van der Waals surface area contributed by atoms with Crippen LogP contribution in [-0.4, -0.2) is 38.9 Å². The largest absolute Gasteiger partial charge is 0.348 e. The van der Waals surface area contributed by atoms with Crippen LogP contribution in [0.1, 0.15) is 33.3 Å². The monoisotopic (exact) mass is 355 g/mol. The Morgan fingerprint density at radius 3 is 2.04 bits per heavy atom. The summed E-state index contributed by atoms with van der Waals surface area (Å²) in [5.41, 5.74) is 0.864. The fourth-order valence-electron chi connectivity index (χ4n) is 1.94. The second-order valence-corrected chi connectivity index (χ2v) is 7.77. The van der Waals surface area contributed by atoms with Gasteiger partial charge >= 0.3 is 11.8 Å². The van der Waals surface area contributed by atoms with Crippen molar-refractivity contribution < 1.29 is 18.0 Å². The molecule has 0 spiro atoms. The summed E-state index contributed by atoms with van der Waals surface area (Å²) < 4.78 is 26.5. The molecule has 0 atom stereocenters. The van der Waals surface area contributed by atoms with E-state index in [4.69, 9.17) is 0 Å². The van der Waals surface area contributed by atoms with Gasteiger partial charge in [0, 0.05) is 18.6 Å². The summed E-state index contributed by atoms with van der Waals surface area (Å²) in [6, 6.07) is 6.14. The molecule has 8 heteroatoms. The van der Waals surface area contributed by atoms with E-state index in [1.165, 1.54) is 12.1 Å². The predicted molar refractivity (Wildman–Crippen MR) is 91.9 cm³/mol. The molecular weight excluding hydrogens is 330 g/mol. The highest BCUT2D eigenvalue weighted by Gasteiger charge is 2.15. The maximum absolute atomic E-state index is 12.0. The molecule has 0 bridgehead atoms. The first kappa shape index (κ1) is 20.1. The Hall–Kier alpha value is -1.93. The van der Waals surface area contributed by atoms with Crippen LogP contribution in [0.2, 0.25) is 0 Å². The third kappa shape index (κ3) is 6.67. The molecule has 3 N–H and O–H groups in total. The van der Waals surface area contributed by atoms with E-state index in [2.05, 4.69) is 15.4 Å². The normalized spacial score (nSPS) is 11.6. The molecule has 134 valence electrons. The molecule has 0 saturated carbocycles. The summed E-state index contributed by atoms with van der Waals surface area (Å²) in [6.07, 6.45) is 0.499. The van der Waals surface area contributed by atoms with Gasteiger partial charge in [0.05, 0.1) is 4.90 Å². The average Bonchev–Trinajstić information content (AvgIpc) is 2.45. The highest BCUT2D eigenvalue weighted by molar-refractivity contribution is 7.89.